The van der Waals surface area contributed by atoms with E-state index in [9.17, 15) is 14.4 Å². The summed E-state index contributed by atoms with van der Waals surface area (Å²) in [5.74, 6) is -1.63. The molecule has 3 aromatic carbocycles. The summed E-state index contributed by atoms with van der Waals surface area (Å²) in [5.41, 5.74) is 2.44. The van der Waals surface area contributed by atoms with Gasteiger partial charge >= 0.3 is 0 Å². The zero-order valence-corrected chi connectivity index (χ0v) is 18.7. The minimum absolute atomic E-state index is 0.135. The van der Waals surface area contributed by atoms with E-state index in [2.05, 4.69) is 15.9 Å². The van der Waals surface area contributed by atoms with Gasteiger partial charge in [-0.05, 0) is 48.9 Å². The Balaban J connectivity index is 1.58. The van der Waals surface area contributed by atoms with Gasteiger partial charge in [-0.25, -0.2) is 9.96 Å². The third kappa shape index (κ3) is 3.34. The Bertz CT molecular complexity index is 1230. The Morgan fingerprint density at radius 1 is 0.875 bits per heavy atom. The second-order valence-electron chi connectivity index (χ2n) is 7.83. The smallest absolute Gasteiger partial charge is 0.266 e. The van der Waals surface area contributed by atoms with Crippen LogP contribution in [0.15, 0.2) is 83.3 Å². The van der Waals surface area contributed by atoms with Crippen LogP contribution in [0.1, 0.15) is 28.9 Å². The average molecular weight is 491 g/mol. The van der Waals surface area contributed by atoms with Crippen LogP contribution in [-0.4, -0.2) is 23.7 Å². The second-order valence-corrected chi connectivity index (χ2v) is 8.75. The number of para-hydroxylation sites is 1. The van der Waals surface area contributed by atoms with Crippen molar-refractivity contribution in [3.63, 3.8) is 0 Å². The molecule has 2 fully saturated rings. The number of carbonyl (C=O) groups excluding carboxylic acids is 3. The molecule has 2 saturated heterocycles. The molecule has 6 nitrogen and oxygen atoms in total. The number of ketones is 1. The summed E-state index contributed by atoms with van der Waals surface area (Å²) < 4.78 is 0.870. The van der Waals surface area contributed by atoms with Crippen LogP contribution in [0.4, 0.5) is 11.4 Å². The first kappa shape index (κ1) is 20.6. The molecule has 2 aliphatic heterocycles. The van der Waals surface area contributed by atoms with E-state index in [1.54, 1.807) is 29.3 Å². The lowest BCUT2D eigenvalue weighted by Crippen LogP contribution is -2.37. The lowest BCUT2D eigenvalue weighted by molar-refractivity contribution is -0.126. The number of halogens is 1. The summed E-state index contributed by atoms with van der Waals surface area (Å²) in [7, 11) is 0. The Morgan fingerprint density at radius 2 is 1.59 bits per heavy atom. The van der Waals surface area contributed by atoms with Crippen LogP contribution < -0.4 is 9.96 Å². The number of rotatable bonds is 4. The van der Waals surface area contributed by atoms with Crippen molar-refractivity contribution in [2.75, 3.05) is 9.96 Å². The van der Waals surface area contributed by atoms with E-state index in [-0.39, 0.29) is 11.7 Å². The molecule has 0 bridgehead atoms. The molecule has 3 aromatic rings. The maximum Gasteiger partial charge on any atom is 0.266 e. The highest BCUT2D eigenvalue weighted by molar-refractivity contribution is 9.10. The molecule has 0 aliphatic carbocycles. The first-order chi connectivity index (χ1) is 15.5. The number of nitrogens with zero attached hydrogens (tertiary/aromatic N) is 2. The fourth-order valence-corrected chi connectivity index (χ4v) is 4.78. The van der Waals surface area contributed by atoms with Crippen LogP contribution in [-0.2, 0) is 14.4 Å². The first-order valence-electron chi connectivity index (χ1n) is 10.2. The van der Waals surface area contributed by atoms with Crippen molar-refractivity contribution in [3.05, 3.63) is 94.5 Å². The van der Waals surface area contributed by atoms with Gasteiger partial charge in [-0.2, -0.15) is 0 Å². The van der Waals surface area contributed by atoms with Crippen molar-refractivity contribution in [1.82, 2.24) is 0 Å². The number of imide groups is 1. The number of hydrogen-bond donors (Lipinski definition) is 0. The molecule has 7 heteroatoms. The maximum absolute atomic E-state index is 13.6. The molecule has 2 amide bonds. The highest BCUT2D eigenvalue weighted by Gasteiger charge is 2.60. The van der Waals surface area contributed by atoms with Crippen LogP contribution in [0.3, 0.4) is 0 Å². The van der Waals surface area contributed by atoms with E-state index < -0.39 is 24.0 Å². The van der Waals surface area contributed by atoms with Gasteiger partial charge in [0.05, 0.1) is 17.4 Å². The molecule has 0 N–H and O–H groups in total. The summed E-state index contributed by atoms with van der Waals surface area (Å²) in [4.78, 5) is 46.1. The molecule has 2 aliphatic rings. The van der Waals surface area contributed by atoms with E-state index >= 15 is 0 Å². The summed E-state index contributed by atoms with van der Waals surface area (Å²) >= 11 is 3.50. The van der Waals surface area contributed by atoms with E-state index in [4.69, 9.17) is 4.84 Å². The molecule has 5 rings (SSSR count). The summed E-state index contributed by atoms with van der Waals surface area (Å²) in [6, 6.07) is 23.2. The molecule has 3 unspecified atom stereocenters. The van der Waals surface area contributed by atoms with Crippen LogP contribution in [0.2, 0.25) is 0 Å². The fourth-order valence-electron chi connectivity index (χ4n) is 4.36. The van der Waals surface area contributed by atoms with Crippen LogP contribution in [0, 0.1) is 5.92 Å². The van der Waals surface area contributed by atoms with E-state index in [0.29, 0.717) is 11.3 Å². The van der Waals surface area contributed by atoms with Crippen LogP contribution in [0.5, 0.6) is 0 Å². The van der Waals surface area contributed by atoms with Gasteiger partial charge in [0.25, 0.3) is 5.91 Å². The predicted molar refractivity (Wildman–Crippen MR) is 123 cm³/mol. The molecular weight excluding hydrogens is 472 g/mol. The minimum atomic E-state index is -0.951. The largest absolute Gasteiger partial charge is 0.295 e. The molecule has 0 spiro atoms. The average Bonchev–Trinajstić information content (AvgIpc) is 3.30. The monoisotopic (exact) mass is 490 g/mol. The van der Waals surface area contributed by atoms with Crippen molar-refractivity contribution in [1.29, 1.82) is 0 Å². The zero-order valence-electron chi connectivity index (χ0n) is 17.1. The van der Waals surface area contributed by atoms with Crippen molar-refractivity contribution in [3.8, 4) is 0 Å². The lowest BCUT2D eigenvalue weighted by Gasteiger charge is -2.29. The standard InChI is InChI=1S/C25H19BrN2O4/c1-15(29)16-7-6-12-20(14-16)27-24(30)21-22(17-8-5-9-18(26)13-17)28(32-23(21)25(27)31)19-10-3-2-4-11-19/h2-14,21-23H,1H3. The van der Waals surface area contributed by atoms with Gasteiger partial charge in [0.2, 0.25) is 5.91 Å². The van der Waals surface area contributed by atoms with E-state index in [1.807, 2.05) is 54.6 Å². The van der Waals surface area contributed by atoms with Gasteiger partial charge < -0.3 is 0 Å². The van der Waals surface area contributed by atoms with Crippen molar-refractivity contribution in [2.24, 2.45) is 5.92 Å². The first-order valence-corrected chi connectivity index (χ1v) is 11.0. The minimum Gasteiger partial charge on any atom is -0.295 e. The third-order valence-electron chi connectivity index (χ3n) is 5.83. The summed E-state index contributed by atoms with van der Waals surface area (Å²) in [6.45, 7) is 1.45. The second kappa shape index (κ2) is 8.00. The Hall–Kier alpha value is -3.29. The van der Waals surface area contributed by atoms with Crippen molar-refractivity contribution in [2.45, 2.75) is 19.1 Å². The molecule has 0 radical (unpaired) electrons. The molecule has 2 heterocycles. The van der Waals surface area contributed by atoms with Gasteiger partial charge in [-0.15, -0.1) is 0 Å². The normalized spacial score (nSPS) is 22.4. The number of hydrogen-bond acceptors (Lipinski definition) is 5. The number of hydroxylamine groups is 1. The van der Waals surface area contributed by atoms with E-state index in [1.165, 1.54) is 6.92 Å². The fraction of sp³-hybridized carbons (Fsp3) is 0.160. The molecule has 0 aromatic heterocycles. The molecule has 160 valence electrons. The highest BCUT2D eigenvalue weighted by Crippen LogP contribution is 2.47. The van der Waals surface area contributed by atoms with Crippen LogP contribution >= 0.6 is 15.9 Å². The topological polar surface area (TPSA) is 66.9 Å². The number of Topliss-reactive ketones (excluding diaryl/α,β-unsaturated/α-hetero) is 1. The van der Waals surface area contributed by atoms with Gasteiger partial charge in [0.1, 0.15) is 5.92 Å². The van der Waals surface area contributed by atoms with Gasteiger partial charge in [-0.3, -0.25) is 19.2 Å². The van der Waals surface area contributed by atoms with Gasteiger partial charge in [-0.1, -0.05) is 58.4 Å². The summed E-state index contributed by atoms with van der Waals surface area (Å²) in [6.07, 6.45) is -0.951. The van der Waals surface area contributed by atoms with Crippen molar-refractivity contribution >= 4 is 44.9 Å². The zero-order chi connectivity index (χ0) is 22.4. The Kier molecular flexibility index (Phi) is 5.15. The number of anilines is 2. The molecule has 3 atom stereocenters. The third-order valence-corrected chi connectivity index (χ3v) is 6.32. The van der Waals surface area contributed by atoms with Gasteiger partial charge in [0.15, 0.2) is 11.9 Å². The quantitative estimate of drug-likeness (QED) is 0.391. The number of carbonyl (C=O) groups is 3. The molecular formula is C25H19BrN2O4. The number of amides is 2. The number of fused-ring (bicyclic) bond motifs is 1. The SMILES string of the molecule is CC(=O)c1cccc(N2C(=O)C3ON(c4ccccc4)C(c4cccc(Br)c4)C3C2=O)c1. The molecule has 0 saturated carbocycles. The van der Waals surface area contributed by atoms with Crippen LogP contribution in [0.25, 0.3) is 0 Å². The highest BCUT2D eigenvalue weighted by atomic mass is 79.9. The lowest BCUT2D eigenvalue weighted by atomic mass is 9.90. The number of benzene rings is 3. The van der Waals surface area contributed by atoms with Gasteiger partial charge in [0, 0.05) is 10.0 Å². The maximum atomic E-state index is 13.6. The predicted octanol–water partition coefficient (Wildman–Crippen LogP) is 4.70. The summed E-state index contributed by atoms with van der Waals surface area (Å²) in [5, 5.41) is 1.66. The van der Waals surface area contributed by atoms with E-state index in [0.717, 1.165) is 20.6 Å². The Morgan fingerprint density at radius 3 is 2.31 bits per heavy atom. The van der Waals surface area contributed by atoms with Crippen molar-refractivity contribution < 1.29 is 19.2 Å². The Labute approximate surface area is 193 Å². The molecule has 32 heavy (non-hydrogen) atoms.